The van der Waals surface area contributed by atoms with Gasteiger partial charge in [-0.1, -0.05) is 72.8 Å². The van der Waals surface area contributed by atoms with E-state index in [4.69, 9.17) is 19.2 Å². The Morgan fingerprint density at radius 3 is 1.66 bits per heavy atom. The molecule has 0 bridgehead atoms. The number of hydrogen-bond acceptors (Lipinski definition) is 5. The second-order valence-corrected chi connectivity index (χ2v) is 6.55. The fraction of sp³-hybridized carbons (Fsp3) is 0. The number of benzene rings is 4. The first-order valence-electron chi connectivity index (χ1n) is 7.76. The number of rotatable bonds is 1. The van der Waals surface area contributed by atoms with Crippen LogP contribution < -0.4 is 103 Å². The number of aromatic hydroxyl groups is 1. The van der Waals surface area contributed by atoms with Gasteiger partial charge in [-0.15, -0.1) is 0 Å². The normalized spacial score (nSPS) is 10.0. The molecular formula is C20H14Na3O5P. The molecule has 4 aromatic rings. The van der Waals surface area contributed by atoms with Crippen LogP contribution in [0, 0.1) is 0 Å². The summed E-state index contributed by atoms with van der Waals surface area (Å²) in [7, 11) is -5.39. The molecule has 0 radical (unpaired) electrons. The summed E-state index contributed by atoms with van der Waals surface area (Å²) >= 11 is 0. The van der Waals surface area contributed by atoms with E-state index in [1.54, 1.807) is 6.07 Å². The van der Waals surface area contributed by atoms with Crippen LogP contribution in [0.1, 0.15) is 0 Å². The maximum Gasteiger partial charge on any atom is 1.00 e. The maximum absolute atomic E-state index is 10.4. The van der Waals surface area contributed by atoms with Crippen LogP contribution in [-0.2, 0) is 4.57 Å². The third kappa shape index (κ3) is 8.06. The SMILES string of the molecule is O=P([O-])([O-])[O-].Oc1ccc2ccccc2c1-c1cccc2ccccc12.[Na+].[Na+].[Na+]. The predicted molar refractivity (Wildman–Crippen MR) is 96.2 cm³/mol. The van der Waals surface area contributed by atoms with Gasteiger partial charge in [-0.3, -0.25) is 0 Å². The first kappa shape index (κ1) is 29.3. The van der Waals surface area contributed by atoms with E-state index in [0.29, 0.717) is 5.75 Å². The Balaban J connectivity index is 0.000000887. The van der Waals surface area contributed by atoms with Crippen molar-refractivity contribution in [1.29, 1.82) is 0 Å². The van der Waals surface area contributed by atoms with Crippen LogP contribution >= 0.6 is 7.82 Å². The molecule has 1 N–H and O–H groups in total. The molecule has 0 saturated heterocycles. The summed E-state index contributed by atoms with van der Waals surface area (Å²) < 4.78 is 8.55. The molecule has 0 heterocycles. The van der Waals surface area contributed by atoms with Gasteiger partial charge >= 0.3 is 88.7 Å². The number of phenols is 1. The molecule has 0 aliphatic heterocycles. The summed E-state index contributed by atoms with van der Waals surface area (Å²) in [6.07, 6.45) is 0. The Bertz CT molecular complexity index is 1120. The zero-order valence-corrected chi connectivity index (χ0v) is 23.4. The van der Waals surface area contributed by atoms with Gasteiger partial charge in [0, 0.05) is 5.56 Å². The summed E-state index contributed by atoms with van der Waals surface area (Å²) in [4.78, 5) is 25.6. The molecule has 0 unspecified atom stereocenters. The van der Waals surface area contributed by atoms with Crippen molar-refractivity contribution in [2.75, 3.05) is 0 Å². The zero-order valence-electron chi connectivity index (χ0n) is 16.5. The fourth-order valence-electron chi connectivity index (χ4n) is 2.99. The molecule has 132 valence electrons. The smallest absolute Gasteiger partial charge is 0.822 e. The zero-order chi connectivity index (χ0) is 18.7. The van der Waals surface area contributed by atoms with Crippen molar-refractivity contribution < 1.29 is 113 Å². The average Bonchev–Trinajstić information content (AvgIpc) is 2.60. The fourth-order valence-corrected chi connectivity index (χ4v) is 2.99. The Kier molecular flexibility index (Phi) is 13.1. The molecule has 0 aromatic heterocycles. The second kappa shape index (κ2) is 13.0. The van der Waals surface area contributed by atoms with Crippen LogP contribution in [-0.4, -0.2) is 5.11 Å². The third-order valence-corrected chi connectivity index (χ3v) is 3.97. The summed E-state index contributed by atoms with van der Waals surface area (Å²) in [6.45, 7) is 0. The van der Waals surface area contributed by atoms with E-state index in [0.717, 1.165) is 27.3 Å². The minimum absolute atomic E-state index is 0. The predicted octanol–water partition coefficient (Wildman–Crippen LogP) is -6.45. The average molecular weight is 434 g/mol. The molecule has 0 atom stereocenters. The molecule has 4 rings (SSSR count). The summed E-state index contributed by atoms with van der Waals surface area (Å²) in [5.74, 6) is 0.324. The molecule has 0 spiro atoms. The molecule has 0 aliphatic rings. The van der Waals surface area contributed by atoms with Gasteiger partial charge in [0.25, 0.3) is 0 Å². The second-order valence-electron chi connectivity index (χ2n) is 5.65. The van der Waals surface area contributed by atoms with Crippen molar-refractivity contribution in [3.8, 4) is 16.9 Å². The molecular weight excluding hydrogens is 420 g/mol. The third-order valence-electron chi connectivity index (χ3n) is 3.97. The van der Waals surface area contributed by atoms with Gasteiger partial charge in [0.05, 0.1) is 0 Å². The van der Waals surface area contributed by atoms with Crippen LogP contribution in [0.25, 0.3) is 32.7 Å². The number of hydrogen-bond donors (Lipinski definition) is 1. The molecule has 0 fully saturated rings. The van der Waals surface area contributed by atoms with E-state index >= 15 is 0 Å². The summed E-state index contributed by atoms with van der Waals surface area (Å²) in [6, 6.07) is 26.4. The topological polar surface area (TPSA) is 106 Å². The molecule has 0 aliphatic carbocycles. The molecule has 5 nitrogen and oxygen atoms in total. The van der Waals surface area contributed by atoms with E-state index in [2.05, 4.69) is 36.4 Å². The number of phenolic OH excluding ortho intramolecular Hbond substituents is 1. The number of fused-ring (bicyclic) bond motifs is 2. The van der Waals surface area contributed by atoms with Crippen LogP contribution in [0.3, 0.4) is 0 Å². The molecule has 4 aromatic carbocycles. The van der Waals surface area contributed by atoms with Crippen molar-refractivity contribution in [3.63, 3.8) is 0 Å². The van der Waals surface area contributed by atoms with Gasteiger partial charge in [-0.2, -0.15) is 7.82 Å². The first-order valence-corrected chi connectivity index (χ1v) is 9.22. The van der Waals surface area contributed by atoms with Crippen LogP contribution in [0.2, 0.25) is 0 Å². The van der Waals surface area contributed by atoms with Gasteiger partial charge < -0.3 is 24.4 Å². The minimum atomic E-state index is -5.39. The quantitative estimate of drug-likeness (QED) is 0.237. The van der Waals surface area contributed by atoms with Gasteiger partial charge in [-0.25, -0.2) is 0 Å². The monoisotopic (exact) mass is 434 g/mol. The van der Waals surface area contributed by atoms with E-state index in [-0.39, 0.29) is 88.7 Å². The Labute approximate surface area is 235 Å². The Morgan fingerprint density at radius 1 is 0.621 bits per heavy atom. The van der Waals surface area contributed by atoms with Gasteiger partial charge in [-0.05, 0) is 33.2 Å². The van der Waals surface area contributed by atoms with Crippen LogP contribution in [0.15, 0.2) is 78.9 Å². The van der Waals surface area contributed by atoms with Crippen molar-refractivity contribution in [2.24, 2.45) is 0 Å². The van der Waals surface area contributed by atoms with E-state index < -0.39 is 7.82 Å². The van der Waals surface area contributed by atoms with Gasteiger partial charge in [0.1, 0.15) is 5.75 Å². The van der Waals surface area contributed by atoms with Gasteiger partial charge in [0.2, 0.25) is 0 Å². The Morgan fingerprint density at radius 2 is 1.07 bits per heavy atom. The van der Waals surface area contributed by atoms with E-state index in [1.165, 1.54) is 5.39 Å². The molecule has 0 amide bonds. The van der Waals surface area contributed by atoms with Crippen LogP contribution in [0.4, 0.5) is 0 Å². The molecule has 29 heavy (non-hydrogen) atoms. The minimum Gasteiger partial charge on any atom is -0.822 e. The molecule has 9 heteroatoms. The van der Waals surface area contributed by atoms with Gasteiger partial charge in [0.15, 0.2) is 0 Å². The van der Waals surface area contributed by atoms with Crippen molar-refractivity contribution in [3.05, 3.63) is 78.9 Å². The van der Waals surface area contributed by atoms with Crippen molar-refractivity contribution >= 4 is 29.4 Å². The maximum atomic E-state index is 10.4. The standard InChI is InChI=1S/C20H14O.3Na.H3O4P/c21-19-13-12-15-7-2-4-10-17(15)20(19)18-11-5-8-14-6-1-3-9-16(14)18;;;;1-5(2,3)4/h1-13,21H;;;;(H3,1,2,3,4)/q;3*+1;/p-3. The van der Waals surface area contributed by atoms with Crippen LogP contribution in [0.5, 0.6) is 5.75 Å². The van der Waals surface area contributed by atoms with E-state index in [1.807, 2.05) is 36.4 Å². The summed E-state index contributed by atoms with van der Waals surface area (Å²) in [5.41, 5.74) is 1.98. The van der Waals surface area contributed by atoms with E-state index in [9.17, 15) is 5.11 Å². The number of phosphoric acid groups is 1. The summed E-state index contributed by atoms with van der Waals surface area (Å²) in [5, 5.41) is 15.0. The molecule has 0 saturated carbocycles. The Hall–Kier alpha value is 0.310. The first-order chi connectivity index (χ1) is 12.3. The largest absolute Gasteiger partial charge is 1.00 e. The van der Waals surface area contributed by atoms with Crippen molar-refractivity contribution in [2.45, 2.75) is 0 Å². The van der Waals surface area contributed by atoms with Crippen molar-refractivity contribution in [1.82, 2.24) is 0 Å².